The van der Waals surface area contributed by atoms with Gasteiger partial charge < -0.3 is 29.7 Å². The van der Waals surface area contributed by atoms with E-state index >= 15 is 0 Å². The van der Waals surface area contributed by atoms with Gasteiger partial charge in [-0.25, -0.2) is 23.0 Å². The summed E-state index contributed by atoms with van der Waals surface area (Å²) in [5.74, 6) is -2.31. The number of sulfonamides is 1. The highest BCUT2D eigenvalue weighted by atomic mass is 32.2. The fraction of sp³-hybridized carbons (Fsp3) is 0.610. The molecule has 2 aromatic rings. The van der Waals surface area contributed by atoms with Crippen LogP contribution in [-0.2, 0) is 33.9 Å². The number of ether oxygens (including phenoxy) is 3. The van der Waals surface area contributed by atoms with E-state index in [0.29, 0.717) is 24.0 Å². The molecule has 1 aliphatic heterocycles. The Kier molecular flexibility index (Phi) is 12.4. The average molecular weight is 812 g/mol. The molecule has 3 N–H and O–H groups in total. The van der Waals surface area contributed by atoms with Crippen molar-refractivity contribution >= 4 is 50.4 Å². The number of urea groups is 1. The zero-order chi connectivity index (χ0) is 42.2. The third kappa shape index (κ3) is 10.1. The molecule has 2 aliphatic carbocycles. The number of hydrogen-bond donors (Lipinski definition) is 3. The summed E-state index contributed by atoms with van der Waals surface area (Å²) in [5, 5.41) is 6.28. The number of likely N-dealkylation sites (tertiary alicyclic amines) is 1. The molecule has 3 aliphatic rings. The number of nitrogens with zero attached hydrogens (tertiary/aromatic N) is 2. The number of esters is 1. The zero-order valence-corrected chi connectivity index (χ0v) is 35.2. The molecule has 2 saturated carbocycles. The average Bonchev–Trinajstić information content (AvgIpc) is 4.04. The normalized spacial score (nSPS) is 23.3. The molecule has 0 bridgehead atoms. The Balaban J connectivity index is 1.43. The van der Waals surface area contributed by atoms with E-state index in [4.69, 9.17) is 14.2 Å². The number of Topliss-reactive ketones (excluding diaryl/α,β-unsaturated/α-hetero) is 1. The summed E-state index contributed by atoms with van der Waals surface area (Å²) in [5.41, 5.74) is -3.04. The van der Waals surface area contributed by atoms with Crippen LogP contribution in [-0.4, -0.2) is 96.6 Å². The van der Waals surface area contributed by atoms with E-state index in [1.54, 1.807) is 93.0 Å². The first kappa shape index (κ1) is 43.4. The maximum atomic E-state index is 14.7. The van der Waals surface area contributed by atoms with Crippen molar-refractivity contribution in [3.8, 4) is 11.6 Å². The van der Waals surface area contributed by atoms with Gasteiger partial charge in [0.15, 0.2) is 5.78 Å². The Morgan fingerprint density at radius 1 is 1.05 bits per heavy atom. The van der Waals surface area contributed by atoms with Gasteiger partial charge in [0.2, 0.25) is 27.7 Å². The molecule has 4 amide bonds. The maximum Gasteiger partial charge on any atom is 0.329 e. The van der Waals surface area contributed by atoms with Gasteiger partial charge in [0, 0.05) is 24.4 Å². The van der Waals surface area contributed by atoms with Crippen LogP contribution in [0.2, 0.25) is 0 Å². The molecule has 3 fully saturated rings. The Bertz CT molecular complexity index is 2020. The second-order valence-electron chi connectivity index (χ2n) is 17.9. The van der Waals surface area contributed by atoms with Crippen molar-refractivity contribution in [1.29, 1.82) is 0 Å². The van der Waals surface area contributed by atoms with Crippen molar-refractivity contribution in [1.82, 2.24) is 25.2 Å². The molecule has 5 rings (SSSR count). The van der Waals surface area contributed by atoms with Crippen LogP contribution >= 0.6 is 0 Å². The highest BCUT2D eigenvalue weighted by molar-refractivity contribution is 7.90. The van der Waals surface area contributed by atoms with Gasteiger partial charge in [-0.2, -0.15) is 0 Å². The van der Waals surface area contributed by atoms with Gasteiger partial charge in [0.1, 0.15) is 29.5 Å². The molecule has 57 heavy (non-hydrogen) atoms. The summed E-state index contributed by atoms with van der Waals surface area (Å²) < 4.78 is 45.1. The molecule has 0 spiro atoms. The quantitative estimate of drug-likeness (QED) is 0.170. The fourth-order valence-corrected chi connectivity index (χ4v) is 8.62. The van der Waals surface area contributed by atoms with Gasteiger partial charge in [-0.1, -0.05) is 40.7 Å². The number of carbonyl (C=O) groups is 5. The molecule has 16 heteroatoms. The van der Waals surface area contributed by atoms with Crippen molar-refractivity contribution < 1.29 is 46.6 Å². The third-order valence-corrected chi connectivity index (χ3v) is 12.5. The van der Waals surface area contributed by atoms with Gasteiger partial charge in [-0.05, 0) is 86.9 Å². The summed E-state index contributed by atoms with van der Waals surface area (Å²) in [6, 6.07) is 3.11. The summed E-state index contributed by atoms with van der Waals surface area (Å²) in [4.78, 5) is 75.3. The third-order valence-electron chi connectivity index (χ3n) is 10.7. The number of fused-ring (bicyclic) bond motifs is 1. The van der Waals surface area contributed by atoms with E-state index in [0.717, 1.165) is 5.39 Å². The monoisotopic (exact) mass is 811 g/mol. The van der Waals surface area contributed by atoms with E-state index in [2.05, 4.69) is 26.9 Å². The largest absolute Gasteiger partial charge is 0.497 e. The van der Waals surface area contributed by atoms with Crippen LogP contribution in [0.25, 0.3) is 10.8 Å². The molecule has 6 atom stereocenters. The highest BCUT2D eigenvalue weighted by Gasteiger charge is 2.61. The molecule has 15 nitrogen and oxygen atoms in total. The standard InChI is InChI=1S/C41H57N5O10S/c1-11-25-20-41(25,37(50)45-57(52,53)28-13-14-28)21-31(47)30-19-27(55-34-29-15-12-26(54-10)18-24(29)16-17-42-34)22-46(30)35(48)33(39(4,5)6)44-38(51)43-32(23(2)3)36(49)56-40(7,8)9/h11-12,15-18,23,25,27-28,30,32-33H,1,13-14,19-22H2,2-10H3,(H,45,50)(H2,43,44,51)/t25-,27-,30+,32+,33-,41-/m1/s1. The van der Waals surface area contributed by atoms with Crippen molar-refractivity contribution in [3.63, 3.8) is 0 Å². The summed E-state index contributed by atoms with van der Waals surface area (Å²) in [6.45, 7) is 17.7. The van der Waals surface area contributed by atoms with Crippen molar-refractivity contribution in [2.75, 3.05) is 13.7 Å². The van der Waals surface area contributed by atoms with E-state index in [1.165, 1.54) is 4.90 Å². The predicted octanol–water partition coefficient (Wildman–Crippen LogP) is 4.43. The number of amides is 4. The highest BCUT2D eigenvalue weighted by Crippen LogP contribution is 2.57. The number of methoxy groups -OCH3 is 1. The second-order valence-corrected chi connectivity index (χ2v) is 19.8. The smallest absolute Gasteiger partial charge is 0.329 e. The molecular weight excluding hydrogens is 755 g/mol. The van der Waals surface area contributed by atoms with Crippen molar-refractivity contribution in [3.05, 3.63) is 43.1 Å². The van der Waals surface area contributed by atoms with E-state index in [-0.39, 0.29) is 37.6 Å². The van der Waals surface area contributed by atoms with Crippen LogP contribution in [0.5, 0.6) is 11.6 Å². The van der Waals surface area contributed by atoms with E-state index < -0.39 is 91.4 Å². The number of ketones is 1. The maximum absolute atomic E-state index is 14.7. The molecule has 0 radical (unpaired) electrons. The lowest BCUT2D eigenvalue weighted by Gasteiger charge is -2.36. The van der Waals surface area contributed by atoms with Crippen molar-refractivity contribution in [2.45, 2.75) is 123 Å². The molecule has 1 saturated heterocycles. The minimum absolute atomic E-state index is 0.0345. The van der Waals surface area contributed by atoms with Crippen LogP contribution in [0, 0.1) is 22.7 Å². The van der Waals surface area contributed by atoms with Gasteiger partial charge in [0.25, 0.3) is 0 Å². The van der Waals surface area contributed by atoms with Gasteiger partial charge in [-0.3, -0.25) is 19.1 Å². The lowest BCUT2D eigenvalue weighted by Crippen LogP contribution is -2.60. The first-order valence-electron chi connectivity index (χ1n) is 19.4. The van der Waals surface area contributed by atoms with Crippen LogP contribution in [0.4, 0.5) is 4.79 Å². The van der Waals surface area contributed by atoms with Crippen molar-refractivity contribution in [2.24, 2.45) is 22.7 Å². The lowest BCUT2D eigenvalue weighted by atomic mass is 9.85. The number of hydrogen-bond acceptors (Lipinski definition) is 11. The number of nitrogens with one attached hydrogen (secondary N) is 3. The Morgan fingerprint density at radius 2 is 1.74 bits per heavy atom. The number of pyridine rings is 1. The van der Waals surface area contributed by atoms with Crippen LogP contribution < -0.4 is 24.8 Å². The van der Waals surface area contributed by atoms with Gasteiger partial charge in [0.05, 0.1) is 30.4 Å². The number of aromatic nitrogens is 1. The summed E-state index contributed by atoms with van der Waals surface area (Å²) in [7, 11) is -2.33. The zero-order valence-electron chi connectivity index (χ0n) is 34.3. The first-order valence-corrected chi connectivity index (χ1v) is 21.0. The molecule has 2 heterocycles. The number of carbonyl (C=O) groups excluding carboxylic acids is 5. The minimum atomic E-state index is -3.89. The molecule has 1 aromatic carbocycles. The number of allylic oxidation sites excluding steroid dienone is 1. The van der Waals surface area contributed by atoms with Crippen LogP contribution in [0.15, 0.2) is 43.1 Å². The fourth-order valence-electron chi connectivity index (χ4n) is 7.24. The molecule has 312 valence electrons. The Hall–Kier alpha value is -4.73. The summed E-state index contributed by atoms with van der Waals surface area (Å²) in [6.07, 6.45) is 3.22. The summed E-state index contributed by atoms with van der Waals surface area (Å²) >= 11 is 0. The predicted molar refractivity (Wildman–Crippen MR) is 213 cm³/mol. The van der Waals surface area contributed by atoms with Gasteiger partial charge in [-0.15, -0.1) is 6.58 Å². The van der Waals surface area contributed by atoms with E-state index in [9.17, 15) is 32.4 Å². The lowest BCUT2D eigenvalue weighted by molar-refractivity contribution is -0.158. The molecule has 0 unspecified atom stereocenters. The van der Waals surface area contributed by atoms with Crippen LogP contribution in [0.3, 0.4) is 0 Å². The second kappa shape index (κ2) is 16.3. The molecular formula is C41H57N5O10S. The minimum Gasteiger partial charge on any atom is -0.497 e. The Morgan fingerprint density at radius 3 is 2.30 bits per heavy atom. The van der Waals surface area contributed by atoms with Crippen LogP contribution in [0.1, 0.15) is 87.5 Å². The molecule has 1 aromatic heterocycles. The Labute approximate surface area is 335 Å². The van der Waals surface area contributed by atoms with Gasteiger partial charge >= 0.3 is 12.0 Å². The topological polar surface area (TPSA) is 199 Å². The number of benzene rings is 1. The first-order chi connectivity index (χ1) is 26.5. The number of rotatable bonds is 15. The SMILES string of the molecule is C=C[C@@H]1C[C@]1(CC(=O)[C@@H]1C[C@@H](Oc2nccc3cc(OC)ccc23)CN1C(=O)[C@@H](NC(=O)N[C@H](C(=O)OC(C)(C)C)C(C)C)C(C)(C)C)C(=O)NS(=O)(=O)C1CC1. The van der Waals surface area contributed by atoms with E-state index in [1.807, 2.05) is 6.07 Å².